The third-order valence-electron chi connectivity index (χ3n) is 6.06. The standard InChI is InChI=1S/C25H21N3O14S4/c29-24-22-18(20(44(33,34)35)11-10-19(22)26-25(30)15-4-2-1-3-5-15)14-21(45(36,37)38)23(24)28-27-16-6-8-17(9-7-16)43(31,32)13-12-42-46(39,40)41/h1-11,14,29H,12-13H2,(H,26,30)(H,33,34,35)(H,36,37,38)(H,39,40,41)/b28-27+. The van der Waals surface area contributed by atoms with Gasteiger partial charge >= 0.3 is 10.4 Å². The average Bonchev–Trinajstić information content (AvgIpc) is 2.95. The molecule has 0 aliphatic carbocycles. The molecule has 4 rings (SSSR count). The van der Waals surface area contributed by atoms with E-state index in [1.165, 1.54) is 12.1 Å². The summed E-state index contributed by atoms with van der Waals surface area (Å²) in [6.45, 7) is -0.880. The number of hydrogen-bond donors (Lipinski definition) is 5. The minimum Gasteiger partial charge on any atom is -0.505 e. The second-order valence-electron chi connectivity index (χ2n) is 9.14. The lowest BCUT2D eigenvalue weighted by Crippen LogP contribution is -2.15. The van der Waals surface area contributed by atoms with E-state index in [4.69, 9.17) is 4.55 Å². The first kappa shape index (κ1) is 34.5. The number of carbonyl (C=O) groups excluding carboxylic acids is 1. The number of fused-ring (bicyclic) bond motifs is 1. The monoisotopic (exact) mass is 715 g/mol. The number of azo groups is 1. The summed E-state index contributed by atoms with van der Waals surface area (Å²) >= 11 is 0. The molecule has 1 amide bonds. The lowest BCUT2D eigenvalue weighted by Gasteiger charge is -2.15. The molecule has 0 saturated heterocycles. The molecule has 0 aliphatic rings. The van der Waals surface area contributed by atoms with E-state index in [1.54, 1.807) is 18.2 Å². The smallest absolute Gasteiger partial charge is 0.397 e. The van der Waals surface area contributed by atoms with Crippen molar-refractivity contribution in [2.24, 2.45) is 10.2 Å². The van der Waals surface area contributed by atoms with Crippen molar-refractivity contribution in [3.8, 4) is 5.75 Å². The maximum atomic E-state index is 12.8. The van der Waals surface area contributed by atoms with E-state index in [0.717, 1.165) is 36.4 Å². The van der Waals surface area contributed by atoms with Gasteiger partial charge in [0.2, 0.25) is 0 Å². The summed E-state index contributed by atoms with van der Waals surface area (Å²) in [5.74, 6) is -2.63. The highest BCUT2D eigenvalue weighted by atomic mass is 32.3. The highest BCUT2D eigenvalue weighted by Gasteiger charge is 2.28. The fourth-order valence-electron chi connectivity index (χ4n) is 4.03. The SMILES string of the molecule is O=C(Nc1ccc(S(=O)(=O)O)c2cc(S(=O)(=O)O)c(/N=N/c3ccc(S(=O)(=O)CCOS(=O)(=O)O)cc3)c(O)c12)c1ccccc1. The van der Waals surface area contributed by atoms with Crippen LogP contribution in [-0.4, -0.2) is 70.7 Å². The number of sulfone groups is 1. The molecule has 0 radical (unpaired) electrons. The number of anilines is 1. The fraction of sp³-hybridized carbons (Fsp3) is 0.0800. The van der Waals surface area contributed by atoms with Crippen molar-refractivity contribution in [1.82, 2.24) is 0 Å². The third-order valence-corrected chi connectivity index (χ3v) is 10.00. The maximum absolute atomic E-state index is 12.8. The van der Waals surface area contributed by atoms with Gasteiger partial charge in [0.25, 0.3) is 26.1 Å². The van der Waals surface area contributed by atoms with Gasteiger partial charge in [-0.05, 0) is 54.6 Å². The second kappa shape index (κ2) is 12.8. The lowest BCUT2D eigenvalue weighted by molar-refractivity contribution is 0.102. The molecule has 0 fully saturated rings. The number of rotatable bonds is 11. The largest absolute Gasteiger partial charge is 0.505 e. The molecule has 21 heteroatoms. The first-order valence-corrected chi connectivity index (χ1v) is 18.2. The quantitative estimate of drug-likeness (QED) is 0.110. The van der Waals surface area contributed by atoms with Gasteiger partial charge in [-0.15, -0.1) is 5.11 Å². The number of aromatic hydroxyl groups is 1. The van der Waals surface area contributed by atoms with E-state index in [0.29, 0.717) is 6.07 Å². The maximum Gasteiger partial charge on any atom is 0.397 e. The topological polar surface area (TPSA) is 281 Å². The van der Waals surface area contributed by atoms with Crippen LogP contribution in [0.4, 0.5) is 17.1 Å². The Kier molecular flexibility index (Phi) is 9.61. The van der Waals surface area contributed by atoms with Crippen molar-refractivity contribution < 1.29 is 61.4 Å². The van der Waals surface area contributed by atoms with E-state index in [1.807, 2.05) is 0 Å². The van der Waals surface area contributed by atoms with Gasteiger partial charge in [-0.25, -0.2) is 12.6 Å². The number of amides is 1. The van der Waals surface area contributed by atoms with Gasteiger partial charge < -0.3 is 10.4 Å². The molecular weight excluding hydrogens is 695 g/mol. The number of nitrogens with zero attached hydrogens (tertiary/aromatic N) is 2. The van der Waals surface area contributed by atoms with Gasteiger partial charge in [0, 0.05) is 10.9 Å². The highest BCUT2D eigenvalue weighted by Crippen LogP contribution is 2.46. The van der Waals surface area contributed by atoms with Gasteiger partial charge in [0.15, 0.2) is 15.6 Å². The van der Waals surface area contributed by atoms with Crippen LogP contribution < -0.4 is 5.32 Å². The summed E-state index contributed by atoms with van der Waals surface area (Å²) in [6, 6.07) is 14.3. The van der Waals surface area contributed by atoms with E-state index >= 15 is 0 Å². The van der Waals surface area contributed by atoms with Crippen LogP contribution in [0.3, 0.4) is 0 Å². The third kappa shape index (κ3) is 8.07. The molecule has 0 spiro atoms. The van der Waals surface area contributed by atoms with E-state index in [9.17, 15) is 52.7 Å². The molecule has 0 saturated carbocycles. The Balaban J connectivity index is 1.82. The highest BCUT2D eigenvalue weighted by molar-refractivity contribution is 7.91. The number of hydrogen-bond acceptors (Lipinski definition) is 13. The molecule has 0 atom stereocenters. The van der Waals surface area contributed by atoms with Gasteiger partial charge in [-0.2, -0.15) is 30.4 Å². The summed E-state index contributed by atoms with van der Waals surface area (Å²) in [5.41, 5.74) is -1.14. The van der Waals surface area contributed by atoms with E-state index in [-0.39, 0.29) is 21.8 Å². The number of benzene rings is 4. The average molecular weight is 716 g/mol. The normalized spacial score (nSPS) is 12.8. The Morgan fingerprint density at radius 1 is 0.761 bits per heavy atom. The molecule has 4 aromatic rings. The number of carbonyl (C=O) groups is 1. The number of nitrogens with one attached hydrogen (secondary N) is 1. The minimum atomic E-state index is -5.27. The van der Waals surface area contributed by atoms with Crippen molar-refractivity contribution in [3.63, 3.8) is 0 Å². The Morgan fingerprint density at radius 3 is 1.93 bits per heavy atom. The molecule has 0 heterocycles. The van der Waals surface area contributed by atoms with Crippen LogP contribution in [0.5, 0.6) is 5.75 Å². The van der Waals surface area contributed by atoms with Crippen molar-refractivity contribution in [1.29, 1.82) is 0 Å². The summed E-state index contributed by atoms with van der Waals surface area (Å²) in [4.78, 5) is 10.5. The number of phenolic OH excluding ortho intramolecular Hbond substituents is 1. The summed E-state index contributed by atoms with van der Waals surface area (Å²) in [6.07, 6.45) is 0. The van der Waals surface area contributed by atoms with Gasteiger partial charge in [-0.1, -0.05) is 18.2 Å². The molecular formula is C25H21N3O14S4. The number of phenols is 1. The summed E-state index contributed by atoms with van der Waals surface area (Å²) < 4.78 is 127. The summed E-state index contributed by atoms with van der Waals surface area (Å²) in [5, 5.41) is 20.0. The Morgan fingerprint density at radius 2 is 1.37 bits per heavy atom. The zero-order valence-electron chi connectivity index (χ0n) is 22.7. The van der Waals surface area contributed by atoms with Crippen molar-refractivity contribution >= 4 is 74.2 Å². The Hall–Kier alpha value is -4.35. The van der Waals surface area contributed by atoms with Crippen LogP contribution in [0, 0.1) is 0 Å². The summed E-state index contributed by atoms with van der Waals surface area (Å²) in [7, 11) is -19.3. The molecule has 244 valence electrons. The van der Waals surface area contributed by atoms with E-state index < -0.39 is 90.7 Å². The zero-order chi connectivity index (χ0) is 34.1. The molecule has 46 heavy (non-hydrogen) atoms. The van der Waals surface area contributed by atoms with Gasteiger partial charge in [-0.3, -0.25) is 18.5 Å². The Labute approximate surface area is 261 Å². The zero-order valence-corrected chi connectivity index (χ0v) is 26.0. The van der Waals surface area contributed by atoms with Crippen LogP contribution in [0.2, 0.25) is 0 Å². The molecule has 0 aliphatic heterocycles. The van der Waals surface area contributed by atoms with Crippen molar-refractivity contribution in [2.75, 3.05) is 17.7 Å². The molecule has 0 unspecified atom stereocenters. The van der Waals surface area contributed by atoms with Crippen LogP contribution in [0.1, 0.15) is 10.4 Å². The molecule has 17 nitrogen and oxygen atoms in total. The molecule has 0 bridgehead atoms. The van der Waals surface area contributed by atoms with E-state index in [2.05, 4.69) is 19.7 Å². The predicted octanol–water partition coefficient (Wildman–Crippen LogP) is 3.30. The van der Waals surface area contributed by atoms with Crippen LogP contribution >= 0.6 is 0 Å². The van der Waals surface area contributed by atoms with Crippen molar-refractivity contribution in [3.05, 3.63) is 78.4 Å². The molecule has 4 aromatic carbocycles. The first-order valence-electron chi connectivity index (χ1n) is 12.3. The predicted molar refractivity (Wildman–Crippen MR) is 160 cm³/mol. The second-order valence-corrected chi connectivity index (χ2v) is 15.1. The minimum absolute atomic E-state index is 0.127. The van der Waals surface area contributed by atoms with Crippen molar-refractivity contribution in [2.45, 2.75) is 14.7 Å². The Bertz CT molecular complexity index is 2310. The van der Waals surface area contributed by atoms with Crippen LogP contribution in [-0.2, 0) is 44.7 Å². The van der Waals surface area contributed by atoms with Crippen LogP contribution in [0.25, 0.3) is 10.8 Å². The first-order chi connectivity index (χ1) is 21.3. The van der Waals surface area contributed by atoms with Crippen LogP contribution in [0.15, 0.2) is 97.7 Å². The lowest BCUT2D eigenvalue weighted by atomic mass is 10.1. The molecule has 5 N–H and O–H groups in total. The van der Waals surface area contributed by atoms with Gasteiger partial charge in [0.1, 0.15) is 15.5 Å². The van der Waals surface area contributed by atoms with Gasteiger partial charge in [0.05, 0.1) is 34.0 Å². The molecule has 0 aromatic heterocycles. The fourth-order valence-corrected chi connectivity index (χ4v) is 6.85.